The van der Waals surface area contributed by atoms with E-state index in [1.807, 2.05) is 0 Å². The quantitative estimate of drug-likeness (QED) is 0.790. The van der Waals surface area contributed by atoms with Gasteiger partial charge in [-0.2, -0.15) is 0 Å². The molecule has 0 atom stereocenters. The lowest BCUT2D eigenvalue weighted by molar-refractivity contribution is -0.118. The average molecular weight is 368 g/mol. The highest BCUT2D eigenvalue weighted by atomic mass is 32.2. The first-order valence-electron chi connectivity index (χ1n) is 7.27. The SMILES string of the molecule is O=C(CSCC(=O)Nc1ccc(F)cc1)NCc1cc(F)cc(F)c1. The third kappa shape index (κ3) is 6.88. The molecular formula is C17H15F3N2O2S. The fourth-order valence-electron chi connectivity index (χ4n) is 1.93. The Kier molecular flexibility index (Phi) is 6.88. The number of carbonyl (C=O) groups is 2. The van der Waals surface area contributed by atoms with E-state index < -0.39 is 17.5 Å². The van der Waals surface area contributed by atoms with Crippen LogP contribution in [-0.4, -0.2) is 23.3 Å². The molecule has 0 saturated heterocycles. The Balaban J connectivity index is 1.67. The van der Waals surface area contributed by atoms with Gasteiger partial charge in [0.2, 0.25) is 11.8 Å². The van der Waals surface area contributed by atoms with Crippen molar-refractivity contribution in [1.29, 1.82) is 0 Å². The van der Waals surface area contributed by atoms with Crippen molar-refractivity contribution in [3.05, 3.63) is 65.5 Å². The van der Waals surface area contributed by atoms with Crippen molar-refractivity contribution >= 4 is 29.3 Å². The molecule has 0 aliphatic carbocycles. The Hall–Kier alpha value is -2.48. The lowest BCUT2D eigenvalue weighted by Gasteiger charge is -2.07. The third-order valence-electron chi connectivity index (χ3n) is 3.01. The molecule has 132 valence electrons. The zero-order valence-corrected chi connectivity index (χ0v) is 13.8. The minimum absolute atomic E-state index is 0.00412. The average Bonchev–Trinajstić information content (AvgIpc) is 2.54. The standard InChI is InChI=1S/C17H15F3N2O2S/c18-12-1-3-15(4-2-12)22-17(24)10-25-9-16(23)21-8-11-5-13(19)7-14(20)6-11/h1-7H,8-10H2,(H,21,23)(H,22,24). The van der Waals surface area contributed by atoms with Crippen LogP contribution in [0, 0.1) is 17.5 Å². The van der Waals surface area contributed by atoms with Crippen LogP contribution < -0.4 is 10.6 Å². The largest absolute Gasteiger partial charge is 0.351 e. The maximum Gasteiger partial charge on any atom is 0.234 e. The van der Waals surface area contributed by atoms with E-state index in [4.69, 9.17) is 0 Å². The summed E-state index contributed by atoms with van der Waals surface area (Å²) in [5.74, 6) is -2.44. The highest BCUT2D eigenvalue weighted by Gasteiger charge is 2.07. The molecule has 2 aromatic carbocycles. The number of thioether (sulfide) groups is 1. The van der Waals surface area contributed by atoms with E-state index in [9.17, 15) is 22.8 Å². The van der Waals surface area contributed by atoms with Gasteiger partial charge in [-0.05, 0) is 42.0 Å². The fourth-order valence-corrected chi connectivity index (χ4v) is 2.58. The van der Waals surface area contributed by atoms with Gasteiger partial charge in [0.15, 0.2) is 0 Å². The zero-order valence-electron chi connectivity index (χ0n) is 13.0. The lowest BCUT2D eigenvalue weighted by Crippen LogP contribution is -2.25. The number of benzene rings is 2. The second-order valence-electron chi connectivity index (χ2n) is 5.10. The molecule has 0 spiro atoms. The maximum absolute atomic E-state index is 13.0. The molecule has 0 aromatic heterocycles. The summed E-state index contributed by atoms with van der Waals surface area (Å²) < 4.78 is 38.8. The minimum atomic E-state index is -0.712. The molecule has 2 N–H and O–H groups in total. The summed E-state index contributed by atoms with van der Waals surface area (Å²) in [7, 11) is 0. The number of nitrogens with one attached hydrogen (secondary N) is 2. The van der Waals surface area contributed by atoms with E-state index in [2.05, 4.69) is 10.6 Å². The van der Waals surface area contributed by atoms with Crippen LogP contribution in [0.3, 0.4) is 0 Å². The first-order valence-corrected chi connectivity index (χ1v) is 8.42. The van der Waals surface area contributed by atoms with Crippen LogP contribution in [0.15, 0.2) is 42.5 Å². The van der Waals surface area contributed by atoms with E-state index in [1.54, 1.807) is 0 Å². The third-order valence-corrected chi connectivity index (χ3v) is 3.94. The maximum atomic E-state index is 13.0. The van der Waals surface area contributed by atoms with Crippen LogP contribution in [0.4, 0.5) is 18.9 Å². The zero-order chi connectivity index (χ0) is 18.2. The number of hydrogen-bond acceptors (Lipinski definition) is 3. The molecule has 0 fully saturated rings. The summed E-state index contributed by atoms with van der Waals surface area (Å²) in [6.45, 7) is -0.00412. The van der Waals surface area contributed by atoms with Crippen molar-refractivity contribution in [3.8, 4) is 0 Å². The van der Waals surface area contributed by atoms with Crippen LogP contribution >= 0.6 is 11.8 Å². The summed E-state index contributed by atoms with van der Waals surface area (Å²) in [5, 5.41) is 5.09. The smallest absolute Gasteiger partial charge is 0.234 e. The minimum Gasteiger partial charge on any atom is -0.351 e. The van der Waals surface area contributed by atoms with Gasteiger partial charge in [0, 0.05) is 18.3 Å². The topological polar surface area (TPSA) is 58.2 Å². The first-order chi connectivity index (χ1) is 11.9. The van der Waals surface area contributed by atoms with E-state index in [0.29, 0.717) is 11.3 Å². The van der Waals surface area contributed by atoms with Crippen LogP contribution in [0.2, 0.25) is 0 Å². The lowest BCUT2D eigenvalue weighted by atomic mass is 10.2. The van der Waals surface area contributed by atoms with Gasteiger partial charge in [-0.25, -0.2) is 13.2 Å². The van der Waals surface area contributed by atoms with Crippen LogP contribution in [0.1, 0.15) is 5.56 Å². The number of carbonyl (C=O) groups excluding carboxylic acids is 2. The molecule has 2 aromatic rings. The van der Waals surface area contributed by atoms with Crippen molar-refractivity contribution in [2.24, 2.45) is 0 Å². The molecule has 2 amide bonds. The van der Waals surface area contributed by atoms with Crippen LogP contribution in [0.25, 0.3) is 0 Å². The second-order valence-corrected chi connectivity index (χ2v) is 6.09. The van der Waals surface area contributed by atoms with Gasteiger partial charge in [0.05, 0.1) is 11.5 Å². The van der Waals surface area contributed by atoms with E-state index >= 15 is 0 Å². The molecule has 0 aliphatic heterocycles. The molecular weight excluding hydrogens is 353 g/mol. The molecule has 0 bridgehead atoms. The summed E-state index contributed by atoms with van der Waals surface area (Å²) in [4.78, 5) is 23.4. The molecule has 2 rings (SSSR count). The Morgan fingerprint density at radius 2 is 1.44 bits per heavy atom. The van der Waals surface area contributed by atoms with Gasteiger partial charge in [-0.1, -0.05) is 0 Å². The van der Waals surface area contributed by atoms with Gasteiger partial charge >= 0.3 is 0 Å². The van der Waals surface area contributed by atoms with Crippen molar-refractivity contribution < 1.29 is 22.8 Å². The number of anilines is 1. The fraction of sp³-hybridized carbons (Fsp3) is 0.176. The number of rotatable bonds is 7. The van der Waals surface area contributed by atoms with Crippen molar-refractivity contribution in [2.45, 2.75) is 6.54 Å². The molecule has 8 heteroatoms. The Morgan fingerprint density at radius 1 is 0.840 bits per heavy atom. The predicted molar refractivity (Wildman–Crippen MR) is 90.6 cm³/mol. The molecule has 4 nitrogen and oxygen atoms in total. The highest BCUT2D eigenvalue weighted by molar-refractivity contribution is 8.00. The van der Waals surface area contributed by atoms with Crippen LogP contribution in [-0.2, 0) is 16.1 Å². The first kappa shape index (κ1) is 18.9. The Morgan fingerprint density at radius 3 is 2.08 bits per heavy atom. The monoisotopic (exact) mass is 368 g/mol. The number of hydrogen-bond donors (Lipinski definition) is 2. The second kappa shape index (κ2) is 9.12. The summed E-state index contributed by atoms with van der Waals surface area (Å²) >= 11 is 1.09. The van der Waals surface area contributed by atoms with Gasteiger partial charge in [0.25, 0.3) is 0 Å². The van der Waals surface area contributed by atoms with E-state index in [1.165, 1.54) is 24.3 Å². The predicted octanol–water partition coefficient (Wildman–Crippen LogP) is 3.09. The van der Waals surface area contributed by atoms with E-state index in [0.717, 1.165) is 30.0 Å². The normalized spacial score (nSPS) is 10.4. The van der Waals surface area contributed by atoms with Crippen molar-refractivity contribution in [3.63, 3.8) is 0 Å². The van der Waals surface area contributed by atoms with Gasteiger partial charge in [-0.3, -0.25) is 9.59 Å². The molecule has 0 saturated carbocycles. The molecule has 0 radical (unpaired) electrons. The number of amides is 2. The van der Waals surface area contributed by atoms with E-state index in [-0.39, 0.29) is 29.9 Å². The Labute approximate surface area is 146 Å². The number of halogens is 3. The van der Waals surface area contributed by atoms with Crippen molar-refractivity contribution in [2.75, 3.05) is 16.8 Å². The molecule has 0 aliphatic rings. The van der Waals surface area contributed by atoms with Gasteiger partial charge in [0.1, 0.15) is 17.5 Å². The van der Waals surface area contributed by atoms with Crippen molar-refractivity contribution in [1.82, 2.24) is 5.32 Å². The Bertz CT molecular complexity index is 734. The van der Waals surface area contributed by atoms with Gasteiger partial charge < -0.3 is 10.6 Å². The molecule has 25 heavy (non-hydrogen) atoms. The highest BCUT2D eigenvalue weighted by Crippen LogP contribution is 2.10. The molecule has 0 unspecified atom stereocenters. The molecule has 0 heterocycles. The summed E-state index contributed by atoms with van der Waals surface area (Å²) in [5.41, 5.74) is 0.773. The summed E-state index contributed by atoms with van der Waals surface area (Å²) in [6, 6.07) is 8.34. The van der Waals surface area contributed by atoms with Crippen LogP contribution in [0.5, 0.6) is 0 Å². The summed E-state index contributed by atoms with van der Waals surface area (Å²) in [6.07, 6.45) is 0. The van der Waals surface area contributed by atoms with Gasteiger partial charge in [-0.15, -0.1) is 11.8 Å².